The van der Waals surface area contributed by atoms with Gasteiger partial charge in [0.1, 0.15) is 5.82 Å². The summed E-state index contributed by atoms with van der Waals surface area (Å²) in [5.41, 5.74) is 1.95. The number of pyridine rings is 1. The van der Waals surface area contributed by atoms with Crippen LogP contribution in [0.4, 0.5) is 5.82 Å². The van der Waals surface area contributed by atoms with E-state index in [9.17, 15) is 4.79 Å². The number of carbonyl (C=O) groups excluding carboxylic acids is 1. The highest BCUT2D eigenvalue weighted by molar-refractivity contribution is 5.94. The SMILES string of the molecule is CCCN(CCC)C(=O)c1ccnc(N(Cc2ccccc2)C(C)C)c1. The number of benzene rings is 1. The van der Waals surface area contributed by atoms with Crippen LogP contribution in [0.3, 0.4) is 0 Å². The van der Waals surface area contributed by atoms with Gasteiger partial charge in [-0.3, -0.25) is 4.79 Å². The Bertz CT molecular complexity index is 679. The number of aromatic nitrogens is 1. The van der Waals surface area contributed by atoms with Crippen molar-refractivity contribution in [1.82, 2.24) is 9.88 Å². The molecule has 1 heterocycles. The number of hydrogen-bond acceptors (Lipinski definition) is 3. The maximum absolute atomic E-state index is 12.9. The number of anilines is 1. The summed E-state index contributed by atoms with van der Waals surface area (Å²) in [7, 11) is 0. The number of carbonyl (C=O) groups is 1. The predicted molar refractivity (Wildman–Crippen MR) is 108 cm³/mol. The molecule has 26 heavy (non-hydrogen) atoms. The lowest BCUT2D eigenvalue weighted by Crippen LogP contribution is -2.33. The highest BCUT2D eigenvalue weighted by Crippen LogP contribution is 2.20. The molecule has 0 unspecified atom stereocenters. The largest absolute Gasteiger partial charge is 0.350 e. The van der Waals surface area contributed by atoms with E-state index >= 15 is 0 Å². The Morgan fingerprint density at radius 3 is 2.27 bits per heavy atom. The normalized spacial score (nSPS) is 10.8. The van der Waals surface area contributed by atoms with Crippen molar-refractivity contribution >= 4 is 11.7 Å². The van der Waals surface area contributed by atoms with Crippen molar-refractivity contribution in [1.29, 1.82) is 0 Å². The Labute approximate surface area is 157 Å². The van der Waals surface area contributed by atoms with Gasteiger partial charge in [0.15, 0.2) is 0 Å². The molecule has 140 valence electrons. The highest BCUT2D eigenvalue weighted by Gasteiger charge is 2.18. The van der Waals surface area contributed by atoms with E-state index in [0.717, 1.165) is 43.9 Å². The van der Waals surface area contributed by atoms with E-state index in [1.807, 2.05) is 23.1 Å². The number of amides is 1. The van der Waals surface area contributed by atoms with Crippen molar-refractivity contribution in [2.75, 3.05) is 18.0 Å². The minimum Gasteiger partial charge on any atom is -0.350 e. The lowest BCUT2D eigenvalue weighted by molar-refractivity contribution is 0.0755. The van der Waals surface area contributed by atoms with Crippen molar-refractivity contribution in [3.8, 4) is 0 Å². The lowest BCUT2D eigenvalue weighted by atomic mass is 10.1. The summed E-state index contributed by atoms with van der Waals surface area (Å²) < 4.78 is 0. The molecular formula is C22H31N3O. The van der Waals surface area contributed by atoms with Crippen LogP contribution >= 0.6 is 0 Å². The second kappa shape index (κ2) is 9.95. The van der Waals surface area contributed by atoms with E-state index in [1.165, 1.54) is 5.56 Å². The lowest BCUT2D eigenvalue weighted by Gasteiger charge is -2.29. The Kier molecular flexibility index (Phi) is 7.64. The van der Waals surface area contributed by atoms with E-state index in [4.69, 9.17) is 0 Å². The first-order chi connectivity index (χ1) is 12.6. The maximum Gasteiger partial charge on any atom is 0.254 e. The third-order valence-electron chi connectivity index (χ3n) is 4.38. The Morgan fingerprint density at radius 2 is 1.69 bits per heavy atom. The van der Waals surface area contributed by atoms with Gasteiger partial charge in [-0.05, 0) is 44.4 Å². The molecule has 4 heteroatoms. The first-order valence-corrected chi connectivity index (χ1v) is 9.62. The van der Waals surface area contributed by atoms with Gasteiger partial charge in [-0.25, -0.2) is 4.98 Å². The molecule has 0 aliphatic carbocycles. The summed E-state index contributed by atoms with van der Waals surface area (Å²) in [6.45, 7) is 10.9. The zero-order chi connectivity index (χ0) is 18.9. The van der Waals surface area contributed by atoms with Crippen LogP contribution in [0.1, 0.15) is 56.5 Å². The summed E-state index contributed by atoms with van der Waals surface area (Å²) in [4.78, 5) is 21.6. The fraction of sp³-hybridized carbons (Fsp3) is 0.455. The van der Waals surface area contributed by atoms with E-state index < -0.39 is 0 Å². The molecule has 0 atom stereocenters. The fourth-order valence-corrected chi connectivity index (χ4v) is 3.05. The number of hydrogen-bond donors (Lipinski definition) is 0. The monoisotopic (exact) mass is 353 g/mol. The minimum atomic E-state index is 0.0979. The van der Waals surface area contributed by atoms with Gasteiger partial charge in [0.05, 0.1) is 0 Å². The maximum atomic E-state index is 12.9. The van der Waals surface area contributed by atoms with Crippen LogP contribution in [0.15, 0.2) is 48.7 Å². The van der Waals surface area contributed by atoms with Gasteiger partial charge >= 0.3 is 0 Å². The van der Waals surface area contributed by atoms with Crippen LogP contribution in [0.2, 0.25) is 0 Å². The van der Waals surface area contributed by atoms with Gasteiger partial charge < -0.3 is 9.80 Å². The van der Waals surface area contributed by atoms with Crippen LogP contribution in [0.25, 0.3) is 0 Å². The third-order valence-corrected chi connectivity index (χ3v) is 4.38. The second-order valence-electron chi connectivity index (χ2n) is 6.90. The van der Waals surface area contributed by atoms with Crippen LogP contribution in [0.5, 0.6) is 0 Å². The molecule has 0 N–H and O–H groups in total. The van der Waals surface area contributed by atoms with Crippen LogP contribution in [0, 0.1) is 0 Å². The predicted octanol–water partition coefficient (Wildman–Crippen LogP) is 4.76. The van der Waals surface area contributed by atoms with E-state index in [2.05, 4.69) is 61.8 Å². The zero-order valence-corrected chi connectivity index (χ0v) is 16.5. The molecule has 1 aromatic carbocycles. The van der Waals surface area contributed by atoms with Crippen molar-refractivity contribution in [3.63, 3.8) is 0 Å². The molecular weight excluding hydrogens is 322 g/mol. The number of rotatable bonds is 9. The van der Waals surface area contributed by atoms with Crippen LogP contribution in [-0.2, 0) is 6.54 Å². The molecule has 0 spiro atoms. The van der Waals surface area contributed by atoms with Gasteiger partial charge in [-0.15, -0.1) is 0 Å². The van der Waals surface area contributed by atoms with Gasteiger partial charge in [0.2, 0.25) is 0 Å². The van der Waals surface area contributed by atoms with E-state index in [-0.39, 0.29) is 11.9 Å². The minimum absolute atomic E-state index is 0.0979. The van der Waals surface area contributed by atoms with E-state index in [0.29, 0.717) is 0 Å². The molecule has 0 radical (unpaired) electrons. The molecule has 2 rings (SSSR count). The first kappa shape index (κ1) is 20.0. The number of nitrogens with zero attached hydrogens (tertiary/aromatic N) is 3. The first-order valence-electron chi connectivity index (χ1n) is 9.62. The molecule has 1 aromatic heterocycles. The smallest absolute Gasteiger partial charge is 0.254 e. The van der Waals surface area contributed by atoms with Gasteiger partial charge in [0, 0.05) is 37.4 Å². The van der Waals surface area contributed by atoms with Crippen molar-refractivity contribution in [2.24, 2.45) is 0 Å². The Hall–Kier alpha value is -2.36. The molecule has 1 amide bonds. The van der Waals surface area contributed by atoms with Gasteiger partial charge in [-0.1, -0.05) is 44.2 Å². The summed E-state index contributed by atoms with van der Waals surface area (Å²) in [6.07, 6.45) is 3.69. The standard InChI is InChI=1S/C22H31N3O/c1-5-14-24(15-6-2)22(26)20-12-13-23-21(16-20)25(18(3)4)17-19-10-8-7-9-11-19/h7-13,16,18H,5-6,14-15,17H2,1-4H3. The molecule has 0 saturated heterocycles. The summed E-state index contributed by atoms with van der Waals surface area (Å²) in [5.74, 6) is 0.948. The molecule has 0 saturated carbocycles. The Morgan fingerprint density at radius 1 is 1.04 bits per heavy atom. The average Bonchev–Trinajstić information content (AvgIpc) is 2.66. The molecule has 0 aliphatic heterocycles. The van der Waals surface area contributed by atoms with Crippen LogP contribution < -0.4 is 4.90 Å². The van der Waals surface area contributed by atoms with Gasteiger partial charge in [-0.2, -0.15) is 0 Å². The molecule has 0 fully saturated rings. The van der Waals surface area contributed by atoms with Crippen molar-refractivity contribution in [3.05, 3.63) is 59.8 Å². The molecule has 0 aliphatic rings. The summed E-state index contributed by atoms with van der Waals surface area (Å²) in [5, 5.41) is 0. The average molecular weight is 354 g/mol. The third kappa shape index (κ3) is 5.32. The molecule has 0 bridgehead atoms. The van der Waals surface area contributed by atoms with E-state index in [1.54, 1.807) is 6.20 Å². The molecule has 4 nitrogen and oxygen atoms in total. The van der Waals surface area contributed by atoms with Crippen LogP contribution in [-0.4, -0.2) is 34.9 Å². The van der Waals surface area contributed by atoms with Crippen molar-refractivity contribution < 1.29 is 4.79 Å². The van der Waals surface area contributed by atoms with Gasteiger partial charge in [0.25, 0.3) is 5.91 Å². The quantitative estimate of drug-likeness (QED) is 0.652. The zero-order valence-electron chi connectivity index (χ0n) is 16.5. The Balaban J connectivity index is 2.25. The molecule has 2 aromatic rings. The fourth-order valence-electron chi connectivity index (χ4n) is 3.05. The summed E-state index contributed by atoms with van der Waals surface area (Å²) in [6, 6.07) is 14.4. The highest BCUT2D eigenvalue weighted by atomic mass is 16.2. The van der Waals surface area contributed by atoms with Crippen molar-refractivity contribution in [2.45, 2.75) is 53.1 Å². The topological polar surface area (TPSA) is 36.4 Å². The second-order valence-corrected chi connectivity index (χ2v) is 6.90. The summed E-state index contributed by atoms with van der Waals surface area (Å²) >= 11 is 0.